The number of likely N-dealkylation sites (N-methyl/N-ethyl adjacent to an activating group) is 1. The molecule has 106 valence electrons. The van der Waals surface area contributed by atoms with Gasteiger partial charge in [-0.15, -0.1) is 11.3 Å². The molecule has 1 aliphatic heterocycles. The van der Waals surface area contributed by atoms with Crippen LogP contribution < -0.4 is 5.73 Å². The lowest BCUT2D eigenvalue weighted by Gasteiger charge is -2.34. The first-order valence-corrected chi connectivity index (χ1v) is 7.46. The molecule has 0 bridgehead atoms. The smallest absolute Gasteiger partial charge is 0.232 e. The van der Waals surface area contributed by atoms with Crippen molar-refractivity contribution in [3.05, 3.63) is 22.4 Å². The van der Waals surface area contributed by atoms with E-state index in [1.165, 1.54) is 4.88 Å². The van der Waals surface area contributed by atoms with Gasteiger partial charge in [-0.3, -0.25) is 4.79 Å². The van der Waals surface area contributed by atoms with Crippen LogP contribution in [0.1, 0.15) is 18.7 Å². The number of carbonyl (C=O) groups excluding carboxylic acids is 1. The van der Waals surface area contributed by atoms with E-state index in [4.69, 9.17) is 10.5 Å². The zero-order chi connectivity index (χ0) is 14.0. The summed E-state index contributed by atoms with van der Waals surface area (Å²) in [5, 5.41) is 2.06. The SMILES string of the molecule is CC(Cc1cccs1)N(C)C(=O)C1(C)COCC1N. The van der Waals surface area contributed by atoms with Crippen molar-refractivity contribution in [2.45, 2.75) is 32.4 Å². The van der Waals surface area contributed by atoms with Gasteiger partial charge in [0, 0.05) is 30.4 Å². The number of carbonyl (C=O) groups is 1. The van der Waals surface area contributed by atoms with Gasteiger partial charge < -0.3 is 15.4 Å². The third-order valence-electron chi connectivity index (χ3n) is 4.06. The van der Waals surface area contributed by atoms with Crippen molar-refractivity contribution in [1.82, 2.24) is 4.90 Å². The van der Waals surface area contributed by atoms with E-state index >= 15 is 0 Å². The van der Waals surface area contributed by atoms with Crippen LogP contribution >= 0.6 is 11.3 Å². The van der Waals surface area contributed by atoms with Gasteiger partial charge in [-0.05, 0) is 25.3 Å². The first-order valence-electron chi connectivity index (χ1n) is 6.58. The molecule has 1 aromatic heterocycles. The van der Waals surface area contributed by atoms with Gasteiger partial charge in [-0.1, -0.05) is 6.07 Å². The van der Waals surface area contributed by atoms with E-state index in [-0.39, 0.29) is 18.0 Å². The lowest BCUT2D eigenvalue weighted by Crippen LogP contribution is -2.52. The largest absolute Gasteiger partial charge is 0.379 e. The molecule has 0 saturated carbocycles. The summed E-state index contributed by atoms with van der Waals surface area (Å²) in [7, 11) is 1.86. The summed E-state index contributed by atoms with van der Waals surface area (Å²) in [6, 6.07) is 4.09. The number of hydrogen-bond acceptors (Lipinski definition) is 4. The molecule has 1 fully saturated rings. The Labute approximate surface area is 118 Å². The molecule has 3 unspecified atom stereocenters. The van der Waals surface area contributed by atoms with Gasteiger partial charge >= 0.3 is 0 Å². The fourth-order valence-corrected chi connectivity index (χ4v) is 3.20. The van der Waals surface area contributed by atoms with Crippen molar-refractivity contribution in [3.63, 3.8) is 0 Å². The highest BCUT2D eigenvalue weighted by Gasteiger charge is 2.46. The van der Waals surface area contributed by atoms with Gasteiger partial charge in [0.25, 0.3) is 0 Å². The Bertz CT molecular complexity index is 435. The molecule has 2 rings (SSSR count). The van der Waals surface area contributed by atoms with Gasteiger partial charge in [-0.2, -0.15) is 0 Å². The second kappa shape index (κ2) is 5.61. The summed E-state index contributed by atoms with van der Waals surface area (Å²) in [5.74, 6) is 0.0848. The van der Waals surface area contributed by atoms with Crippen LogP contribution in [0.3, 0.4) is 0 Å². The number of hydrogen-bond donors (Lipinski definition) is 1. The van der Waals surface area contributed by atoms with E-state index < -0.39 is 5.41 Å². The van der Waals surface area contributed by atoms with Crippen LogP contribution in [0.15, 0.2) is 17.5 Å². The highest BCUT2D eigenvalue weighted by atomic mass is 32.1. The molecule has 19 heavy (non-hydrogen) atoms. The zero-order valence-electron chi connectivity index (χ0n) is 11.8. The fraction of sp³-hybridized carbons (Fsp3) is 0.643. The highest BCUT2D eigenvalue weighted by molar-refractivity contribution is 7.09. The van der Waals surface area contributed by atoms with Crippen LogP contribution in [-0.2, 0) is 16.0 Å². The standard InChI is InChI=1S/C14H22N2O2S/c1-10(7-11-5-4-6-19-11)16(3)13(17)14(2)9-18-8-12(14)15/h4-6,10,12H,7-9,15H2,1-3H3. The fourth-order valence-electron chi connectivity index (χ4n) is 2.37. The second-order valence-electron chi connectivity index (χ2n) is 5.59. The van der Waals surface area contributed by atoms with Gasteiger partial charge in [0.05, 0.1) is 18.6 Å². The molecule has 1 amide bonds. The van der Waals surface area contributed by atoms with E-state index in [1.807, 2.05) is 24.9 Å². The van der Waals surface area contributed by atoms with Crippen molar-refractivity contribution >= 4 is 17.2 Å². The summed E-state index contributed by atoms with van der Waals surface area (Å²) in [6.07, 6.45) is 0.881. The molecule has 0 radical (unpaired) electrons. The summed E-state index contributed by atoms with van der Waals surface area (Å²) < 4.78 is 5.36. The molecule has 0 aliphatic carbocycles. The minimum absolute atomic E-state index is 0.0848. The molecule has 5 heteroatoms. The maximum Gasteiger partial charge on any atom is 0.232 e. The molecule has 3 atom stereocenters. The number of thiophene rings is 1. The predicted octanol–water partition coefficient (Wildman–Crippen LogP) is 1.50. The Morgan fingerprint density at radius 3 is 3.00 bits per heavy atom. The van der Waals surface area contributed by atoms with Gasteiger partial charge in [-0.25, -0.2) is 0 Å². The second-order valence-corrected chi connectivity index (χ2v) is 6.62. The first kappa shape index (κ1) is 14.5. The monoisotopic (exact) mass is 282 g/mol. The van der Waals surface area contributed by atoms with Crippen LogP contribution in [0.25, 0.3) is 0 Å². The lowest BCUT2D eigenvalue weighted by atomic mass is 9.84. The van der Waals surface area contributed by atoms with Crippen molar-refractivity contribution in [2.75, 3.05) is 20.3 Å². The van der Waals surface area contributed by atoms with E-state index in [9.17, 15) is 4.79 Å². The van der Waals surface area contributed by atoms with Crippen LogP contribution in [-0.4, -0.2) is 43.2 Å². The molecule has 4 nitrogen and oxygen atoms in total. The molecule has 0 aromatic carbocycles. The topological polar surface area (TPSA) is 55.6 Å². The number of amides is 1. The predicted molar refractivity (Wildman–Crippen MR) is 77.2 cm³/mol. The normalized spacial score (nSPS) is 28.3. The summed E-state index contributed by atoms with van der Waals surface area (Å²) >= 11 is 1.72. The molecular weight excluding hydrogens is 260 g/mol. The summed E-state index contributed by atoms with van der Waals surface area (Å²) in [5.41, 5.74) is 5.43. The molecule has 1 aliphatic rings. The lowest BCUT2D eigenvalue weighted by molar-refractivity contribution is -0.142. The van der Waals surface area contributed by atoms with Crippen LogP contribution in [0, 0.1) is 5.41 Å². The summed E-state index contributed by atoms with van der Waals surface area (Å²) in [4.78, 5) is 15.7. The number of ether oxygens (including phenoxy) is 1. The van der Waals surface area contributed by atoms with Gasteiger partial charge in [0.2, 0.25) is 5.91 Å². The molecule has 2 heterocycles. The maximum atomic E-state index is 12.6. The van der Waals surface area contributed by atoms with Crippen molar-refractivity contribution in [2.24, 2.45) is 11.1 Å². The molecule has 1 aromatic rings. The minimum Gasteiger partial charge on any atom is -0.379 e. The average Bonchev–Trinajstić information content (AvgIpc) is 2.99. The molecule has 0 spiro atoms. The Morgan fingerprint density at radius 1 is 1.74 bits per heavy atom. The maximum absolute atomic E-state index is 12.6. The average molecular weight is 282 g/mol. The molecular formula is C14H22N2O2S. The Hall–Kier alpha value is -0.910. The Morgan fingerprint density at radius 2 is 2.47 bits per heavy atom. The van der Waals surface area contributed by atoms with Crippen molar-refractivity contribution in [1.29, 1.82) is 0 Å². The Balaban J connectivity index is 2.02. The van der Waals surface area contributed by atoms with E-state index in [1.54, 1.807) is 11.3 Å². The van der Waals surface area contributed by atoms with Crippen molar-refractivity contribution in [3.8, 4) is 0 Å². The third-order valence-corrected chi connectivity index (χ3v) is 4.96. The van der Waals surface area contributed by atoms with E-state index in [2.05, 4.69) is 18.4 Å². The Kier molecular flexibility index (Phi) is 4.28. The minimum atomic E-state index is -0.585. The summed E-state index contributed by atoms with van der Waals surface area (Å²) in [6.45, 7) is 4.86. The first-order chi connectivity index (χ1) is 8.95. The van der Waals surface area contributed by atoms with Crippen LogP contribution in [0.2, 0.25) is 0 Å². The number of rotatable bonds is 4. The quantitative estimate of drug-likeness (QED) is 0.910. The third kappa shape index (κ3) is 2.83. The number of nitrogens with zero attached hydrogens (tertiary/aromatic N) is 1. The molecule has 1 saturated heterocycles. The van der Waals surface area contributed by atoms with Crippen LogP contribution in [0.4, 0.5) is 0 Å². The van der Waals surface area contributed by atoms with Crippen LogP contribution in [0.5, 0.6) is 0 Å². The van der Waals surface area contributed by atoms with Gasteiger partial charge in [0.15, 0.2) is 0 Å². The van der Waals surface area contributed by atoms with E-state index in [0.29, 0.717) is 13.2 Å². The number of nitrogens with two attached hydrogens (primary N) is 1. The highest BCUT2D eigenvalue weighted by Crippen LogP contribution is 2.30. The van der Waals surface area contributed by atoms with E-state index in [0.717, 1.165) is 6.42 Å². The van der Waals surface area contributed by atoms with Gasteiger partial charge in [0.1, 0.15) is 0 Å². The molecule has 2 N–H and O–H groups in total. The zero-order valence-corrected chi connectivity index (χ0v) is 12.6. The van der Waals surface area contributed by atoms with Crippen molar-refractivity contribution < 1.29 is 9.53 Å².